The van der Waals surface area contributed by atoms with Gasteiger partial charge in [0.25, 0.3) is 0 Å². The normalized spacial score (nSPS) is 23.0. The summed E-state index contributed by atoms with van der Waals surface area (Å²) < 4.78 is 11.6. The molecule has 0 fully saturated rings. The molecular weight excluding hydrogens is 360 g/mol. The number of hydrogen-bond acceptors (Lipinski definition) is 3. The molecule has 0 saturated heterocycles. The number of carbonyl (C=O) groups is 1. The van der Waals surface area contributed by atoms with Gasteiger partial charge in [-0.3, -0.25) is 4.79 Å². The summed E-state index contributed by atoms with van der Waals surface area (Å²) in [7, 11) is 1.45. The molecule has 2 aliphatic rings. The average Bonchev–Trinajstić information content (AvgIpc) is 3.09. The Hall–Kier alpha value is -3.33. The molecule has 1 aliphatic heterocycles. The van der Waals surface area contributed by atoms with Crippen LogP contribution < -0.4 is 0 Å². The molecule has 29 heavy (non-hydrogen) atoms. The predicted molar refractivity (Wildman–Crippen MR) is 114 cm³/mol. The highest BCUT2D eigenvalue weighted by molar-refractivity contribution is 5.87. The average molecular weight is 384 g/mol. The van der Waals surface area contributed by atoms with Gasteiger partial charge >= 0.3 is 5.97 Å². The molecule has 4 rings (SSSR count). The first-order valence-corrected chi connectivity index (χ1v) is 9.80. The third-order valence-electron chi connectivity index (χ3n) is 5.49. The SMILES string of the molecule is COC(=O)[C@]1(c2ccccc2)C=C(Cc2ccccc2)COC2=CC=CC=C[C@H]21. The van der Waals surface area contributed by atoms with Gasteiger partial charge in [-0.05, 0) is 29.2 Å². The van der Waals surface area contributed by atoms with Crippen LogP contribution in [0, 0.1) is 5.92 Å². The third kappa shape index (κ3) is 3.68. The van der Waals surface area contributed by atoms with Gasteiger partial charge in [-0.25, -0.2) is 0 Å². The Morgan fingerprint density at radius 2 is 1.76 bits per heavy atom. The van der Waals surface area contributed by atoms with Gasteiger partial charge in [-0.2, -0.15) is 0 Å². The van der Waals surface area contributed by atoms with E-state index in [1.54, 1.807) is 0 Å². The topological polar surface area (TPSA) is 35.5 Å². The van der Waals surface area contributed by atoms with Gasteiger partial charge in [0.15, 0.2) is 0 Å². The van der Waals surface area contributed by atoms with Gasteiger partial charge in [-0.15, -0.1) is 0 Å². The maximum Gasteiger partial charge on any atom is 0.321 e. The highest BCUT2D eigenvalue weighted by atomic mass is 16.5. The van der Waals surface area contributed by atoms with Crippen LogP contribution in [0.3, 0.4) is 0 Å². The largest absolute Gasteiger partial charge is 0.493 e. The van der Waals surface area contributed by atoms with Gasteiger partial charge in [0.05, 0.1) is 13.0 Å². The van der Waals surface area contributed by atoms with Crippen LogP contribution >= 0.6 is 0 Å². The van der Waals surface area contributed by atoms with Crippen molar-refractivity contribution in [3.05, 3.63) is 120 Å². The minimum absolute atomic E-state index is 0.290. The van der Waals surface area contributed by atoms with E-state index in [0.717, 1.165) is 16.9 Å². The van der Waals surface area contributed by atoms with E-state index >= 15 is 0 Å². The van der Waals surface area contributed by atoms with E-state index in [4.69, 9.17) is 9.47 Å². The van der Waals surface area contributed by atoms with Crippen molar-refractivity contribution in [1.29, 1.82) is 0 Å². The standard InChI is InChI=1S/C26H24O3/c1-28-25(27)26(22-13-7-3-8-14-22)18-21(17-20-11-5-2-6-12-20)19-29-24-16-10-4-9-15-23(24)26/h2-16,18,23H,17,19H2,1H3/t23-,26+/m1/s1. The molecule has 1 aliphatic carbocycles. The Morgan fingerprint density at radius 1 is 1.03 bits per heavy atom. The summed E-state index contributed by atoms with van der Waals surface area (Å²) in [5, 5.41) is 0. The molecule has 0 spiro atoms. The first-order valence-electron chi connectivity index (χ1n) is 9.80. The fourth-order valence-electron chi connectivity index (χ4n) is 4.14. The summed E-state index contributed by atoms with van der Waals surface area (Å²) in [6.07, 6.45) is 12.6. The first-order chi connectivity index (χ1) is 14.2. The van der Waals surface area contributed by atoms with Crippen LogP contribution in [0.15, 0.2) is 108 Å². The Morgan fingerprint density at radius 3 is 2.48 bits per heavy atom. The molecule has 2 aromatic carbocycles. The lowest BCUT2D eigenvalue weighted by Crippen LogP contribution is -2.42. The molecule has 0 aromatic heterocycles. The molecule has 2 atom stereocenters. The van der Waals surface area contributed by atoms with Crippen LogP contribution in [0.1, 0.15) is 11.1 Å². The van der Waals surface area contributed by atoms with Crippen molar-refractivity contribution >= 4 is 5.97 Å². The minimum Gasteiger partial charge on any atom is -0.493 e. The maximum atomic E-state index is 13.4. The first kappa shape index (κ1) is 19.0. The van der Waals surface area contributed by atoms with E-state index in [1.807, 2.05) is 78.9 Å². The van der Waals surface area contributed by atoms with Crippen molar-refractivity contribution < 1.29 is 14.3 Å². The molecule has 0 N–H and O–H groups in total. The number of carbonyl (C=O) groups excluding carboxylic acids is 1. The lowest BCUT2D eigenvalue weighted by molar-refractivity contribution is -0.147. The van der Waals surface area contributed by atoms with E-state index in [2.05, 4.69) is 18.2 Å². The van der Waals surface area contributed by atoms with Crippen LogP contribution in [0.25, 0.3) is 0 Å². The van der Waals surface area contributed by atoms with Crippen LogP contribution in [0.4, 0.5) is 0 Å². The zero-order chi connectivity index (χ0) is 20.1. The molecular formula is C26H24O3. The quantitative estimate of drug-likeness (QED) is 0.554. The number of allylic oxidation sites excluding steroid dienone is 5. The Balaban J connectivity index is 1.91. The van der Waals surface area contributed by atoms with Crippen molar-refractivity contribution in [2.24, 2.45) is 5.92 Å². The highest BCUT2D eigenvalue weighted by Crippen LogP contribution is 2.44. The molecule has 0 radical (unpaired) electrons. The van der Waals surface area contributed by atoms with Crippen LogP contribution in [0.2, 0.25) is 0 Å². The molecule has 3 heteroatoms. The van der Waals surface area contributed by atoms with Crippen LogP contribution in [0.5, 0.6) is 0 Å². The number of fused-ring (bicyclic) bond motifs is 1. The minimum atomic E-state index is -0.995. The summed E-state index contributed by atoms with van der Waals surface area (Å²) in [5.74, 6) is 0.186. The Labute approximate surface area is 171 Å². The van der Waals surface area contributed by atoms with E-state index < -0.39 is 5.41 Å². The van der Waals surface area contributed by atoms with E-state index in [-0.39, 0.29) is 11.9 Å². The van der Waals surface area contributed by atoms with Crippen molar-refractivity contribution in [2.75, 3.05) is 13.7 Å². The summed E-state index contributed by atoms with van der Waals surface area (Å²) in [5.41, 5.74) is 2.13. The molecule has 1 heterocycles. The summed E-state index contributed by atoms with van der Waals surface area (Å²) >= 11 is 0. The molecule has 0 unspecified atom stereocenters. The van der Waals surface area contributed by atoms with E-state index in [9.17, 15) is 4.79 Å². The summed E-state index contributed by atoms with van der Waals surface area (Å²) in [4.78, 5) is 13.4. The fraction of sp³-hybridized carbons (Fsp3) is 0.192. The van der Waals surface area contributed by atoms with E-state index in [1.165, 1.54) is 12.7 Å². The van der Waals surface area contributed by atoms with Crippen molar-refractivity contribution in [3.63, 3.8) is 0 Å². The third-order valence-corrected chi connectivity index (χ3v) is 5.49. The van der Waals surface area contributed by atoms with Crippen LogP contribution in [-0.4, -0.2) is 19.7 Å². The highest BCUT2D eigenvalue weighted by Gasteiger charge is 2.49. The zero-order valence-corrected chi connectivity index (χ0v) is 16.5. The number of rotatable bonds is 4. The Kier molecular flexibility index (Phi) is 5.48. The Bertz CT molecular complexity index is 983. The number of hydrogen-bond donors (Lipinski definition) is 0. The lowest BCUT2D eigenvalue weighted by Gasteiger charge is -2.34. The maximum absolute atomic E-state index is 13.4. The number of methoxy groups -OCH3 is 1. The van der Waals surface area contributed by atoms with Gasteiger partial charge in [0.2, 0.25) is 0 Å². The summed E-state index contributed by atoms with van der Waals surface area (Å²) in [6.45, 7) is 0.435. The van der Waals surface area contributed by atoms with Gasteiger partial charge < -0.3 is 9.47 Å². The van der Waals surface area contributed by atoms with Gasteiger partial charge in [0.1, 0.15) is 17.8 Å². The van der Waals surface area contributed by atoms with Gasteiger partial charge in [-0.1, -0.05) is 91.0 Å². The molecule has 2 aromatic rings. The molecule has 3 nitrogen and oxygen atoms in total. The molecule has 0 saturated carbocycles. The fourth-order valence-corrected chi connectivity index (χ4v) is 4.14. The van der Waals surface area contributed by atoms with Gasteiger partial charge in [0, 0.05) is 0 Å². The smallest absolute Gasteiger partial charge is 0.321 e. The van der Waals surface area contributed by atoms with Crippen molar-refractivity contribution in [3.8, 4) is 0 Å². The second-order valence-electron chi connectivity index (χ2n) is 7.30. The predicted octanol–water partition coefficient (Wildman–Crippen LogP) is 4.92. The zero-order valence-electron chi connectivity index (χ0n) is 16.5. The number of ether oxygens (including phenoxy) is 2. The molecule has 146 valence electrons. The van der Waals surface area contributed by atoms with Crippen LogP contribution in [-0.2, 0) is 26.1 Å². The van der Waals surface area contributed by atoms with E-state index in [0.29, 0.717) is 13.0 Å². The second-order valence-corrected chi connectivity index (χ2v) is 7.30. The lowest BCUT2D eigenvalue weighted by atomic mass is 9.68. The number of benzene rings is 2. The monoisotopic (exact) mass is 384 g/mol. The van der Waals surface area contributed by atoms with Crippen molar-refractivity contribution in [1.82, 2.24) is 0 Å². The second kappa shape index (κ2) is 8.36. The number of esters is 1. The van der Waals surface area contributed by atoms with Crippen molar-refractivity contribution in [2.45, 2.75) is 11.8 Å². The summed E-state index contributed by atoms with van der Waals surface area (Å²) in [6, 6.07) is 20.1. The molecule has 0 amide bonds. The molecule has 0 bridgehead atoms.